The monoisotopic (exact) mass is 465 g/mol. The number of benzene rings is 2. The molecule has 2 aromatic heterocycles. The van der Waals surface area contributed by atoms with Gasteiger partial charge >= 0.3 is 6.03 Å². The maximum absolute atomic E-state index is 13.5. The number of thiophene rings is 1. The molecule has 6 nitrogen and oxygen atoms in total. The van der Waals surface area contributed by atoms with Crippen molar-refractivity contribution in [2.45, 2.75) is 0 Å². The fourth-order valence-corrected chi connectivity index (χ4v) is 4.98. The molecule has 1 N–H and O–H groups in total. The number of piperazine rings is 1. The van der Waals surface area contributed by atoms with E-state index in [4.69, 9.17) is 11.6 Å². The third-order valence-electron chi connectivity index (χ3n) is 5.74. The van der Waals surface area contributed by atoms with Crippen molar-refractivity contribution in [1.29, 1.82) is 0 Å². The summed E-state index contributed by atoms with van der Waals surface area (Å²) in [5.74, 6) is -0.679. The van der Waals surface area contributed by atoms with Crippen molar-refractivity contribution in [1.82, 2.24) is 9.47 Å². The molecule has 1 aliphatic heterocycles. The average molecular weight is 466 g/mol. The fourth-order valence-electron chi connectivity index (χ4n) is 4.13. The van der Waals surface area contributed by atoms with Crippen molar-refractivity contribution < 1.29 is 14.7 Å². The molecule has 0 spiro atoms. The number of amides is 1. The highest BCUT2D eigenvalue weighted by Gasteiger charge is 2.30. The van der Waals surface area contributed by atoms with E-state index < -0.39 is 0 Å². The number of rotatable bonds is 3. The number of hydrogen-bond donors (Lipinski definition) is 1. The summed E-state index contributed by atoms with van der Waals surface area (Å²) in [5.41, 5.74) is 1.68. The van der Waals surface area contributed by atoms with Crippen LogP contribution in [0.1, 0.15) is 15.2 Å². The van der Waals surface area contributed by atoms with E-state index in [1.807, 2.05) is 18.2 Å². The Kier molecular flexibility index (Phi) is 5.36. The molecule has 5 rings (SSSR count). The van der Waals surface area contributed by atoms with Crippen LogP contribution in [0.5, 0.6) is 5.88 Å². The van der Waals surface area contributed by atoms with Gasteiger partial charge in [0.1, 0.15) is 0 Å². The molecule has 0 bridgehead atoms. The summed E-state index contributed by atoms with van der Waals surface area (Å²) in [6, 6.07) is 18.1. The number of para-hydroxylation sites is 1. The Labute approximate surface area is 193 Å². The molecular formula is C24H20ClN3O3S. The van der Waals surface area contributed by atoms with Crippen LogP contribution in [0.2, 0.25) is 5.02 Å². The summed E-state index contributed by atoms with van der Waals surface area (Å²) in [5, 5.41) is 13.7. The predicted octanol–water partition coefficient (Wildman–Crippen LogP) is 5.08. The summed E-state index contributed by atoms with van der Waals surface area (Å²) in [6.07, 6.45) is 0. The Balaban J connectivity index is 1.48. The molecule has 2 aromatic carbocycles. The Morgan fingerprint density at radius 2 is 1.69 bits per heavy atom. The smallest absolute Gasteiger partial charge is 0.331 e. The van der Waals surface area contributed by atoms with Gasteiger partial charge in [0, 0.05) is 42.3 Å². The van der Waals surface area contributed by atoms with Gasteiger partial charge in [-0.05, 0) is 41.8 Å². The molecule has 8 heteroatoms. The van der Waals surface area contributed by atoms with Crippen LogP contribution in [0.15, 0.2) is 66.0 Å². The fraction of sp³-hybridized carbons (Fsp3) is 0.167. The Morgan fingerprint density at radius 3 is 2.38 bits per heavy atom. The van der Waals surface area contributed by atoms with Crippen molar-refractivity contribution in [3.63, 3.8) is 0 Å². The summed E-state index contributed by atoms with van der Waals surface area (Å²) in [6.45, 7) is 2.38. The van der Waals surface area contributed by atoms with Crippen LogP contribution >= 0.6 is 22.9 Å². The molecule has 0 radical (unpaired) electrons. The third kappa shape index (κ3) is 3.53. The highest BCUT2D eigenvalue weighted by Crippen LogP contribution is 2.36. The average Bonchev–Trinajstić information content (AvgIpc) is 3.45. The zero-order valence-electron chi connectivity index (χ0n) is 17.1. The standard InChI is InChI=1S/C24H20ClN3O3S/c25-16-8-9-19-18(15-16)21(22(29)20-7-4-14-32-20)23(30)28(19)24(31)27-12-10-26(11-13-27)17-5-2-1-3-6-17/h1-9,14-15,30H,10-13H2. The van der Waals surface area contributed by atoms with Crippen LogP contribution in [-0.4, -0.2) is 52.6 Å². The second kappa shape index (κ2) is 8.33. The minimum Gasteiger partial charge on any atom is -0.494 e. The topological polar surface area (TPSA) is 65.8 Å². The normalized spacial score (nSPS) is 14.2. The van der Waals surface area contributed by atoms with E-state index in [9.17, 15) is 14.7 Å². The number of carbonyl (C=O) groups is 2. The first-order chi connectivity index (χ1) is 15.5. The number of aromatic nitrogens is 1. The van der Waals surface area contributed by atoms with Gasteiger partial charge in [-0.2, -0.15) is 0 Å². The molecule has 162 valence electrons. The zero-order chi connectivity index (χ0) is 22.2. The highest BCUT2D eigenvalue weighted by molar-refractivity contribution is 7.12. The van der Waals surface area contributed by atoms with Gasteiger partial charge in [0.2, 0.25) is 11.7 Å². The second-order valence-corrected chi connectivity index (χ2v) is 8.98. The Hall–Kier alpha value is -3.29. The van der Waals surface area contributed by atoms with Crippen molar-refractivity contribution in [3.8, 4) is 5.88 Å². The lowest BCUT2D eigenvalue weighted by Crippen LogP contribution is -2.49. The lowest BCUT2D eigenvalue weighted by Gasteiger charge is -2.36. The number of ketones is 1. The van der Waals surface area contributed by atoms with Crippen LogP contribution in [0.25, 0.3) is 10.9 Å². The van der Waals surface area contributed by atoms with E-state index in [1.165, 1.54) is 15.9 Å². The van der Waals surface area contributed by atoms with Crippen LogP contribution in [0.3, 0.4) is 0 Å². The molecule has 0 saturated carbocycles. The summed E-state index contributed by atoms with van der Waals surface area (Å²) >= 11 is 7.47. The molecule has 4 aromatic rings. The summed E-state index contributed by atoms with van der Waals surface area (Å²) in [7, 11) is 0. The summed E-state index contributed by atoms with van der Waals surface area (Å²) in [4.78, 5) is 31.0. The number of halogens is 1. The van der Waals surface area contributed by atoms with Crippen LogP contribution in [-0.2, 0) is 0 Å². The van der Waals surface area contributed by atoms with E-state index in [-0.39, 0.29) is 23.3 Å². The quantitative estimate of drug-likeness (QED) is 0.428. The third-order valence-corrected chi connectivity index (χ3v) is 6.84. The Morgan fingerprint density at radius 1 is 0.938 bits per heavy atom. The molecule has 3 heterocycles. The molecule has 0 unspecified atom stereocenters. The SMILES string of the molecule is O=C(c1cccs1)c1c(O)n(C(=O)N2CCN(c3ccccc3)CC2)c2ccc(Cl)cc12. The van der Waals surface area contributed by atoms with Gasteiger partial charge in [-0.25, -0.2) is 9.36 Å². The number of nitrogens with zero attached hydrogens (tertiary/aromatic N) is 3. The number of hydrogen-bond acceptors (Lipinski definition) is 5. The van der Waals surface area contributed by atoms with E-state index in [0.717, 1.165) is 5.69 Å². The first-order valence-corrected chi connectivity index (χ1v) is 11.5. The molecule has 32 heavy (non-hydrogen) atoms. The number of fused-ring (bicyclic) bond motifs is 1. The molecule has 1 fully saturated rings. The van der Waals surface area contributed by atoms with Crippen molar-refractivity contribution in [3.05, 3.63) is 81.5 Å². The molecular weight excluding hydrogens is 446 g/mol. The van der Waals surface area contributed by atoms with Gasteiger partial charge < -0.3 is 14.9 Å². The number of anilines is 1. The molecule has 1 aliphatic rings. The van der Waals surface area contributed by atoms with Crippen LogP contribution in [0, 0.1) is 0 Å². The molecule has 0 atom stereocenters. The highest BCUT2D eigenvalue weighted by atomic mass is 35.5. The van der Waals surface area contributed by atoms with Crippen LogP contribution < -0.4 is 4.90 Å². The molecule has 0 aliphatic carbocycles. The van der Waals surface area contributed by atoms with Gasteiger partial charge in [0.15, 0.2) is 0 Å². The lowest BCUT2D eigenvalue weighted by molar-refractivity contribution is 0.104. The molecule has 1 saturated heterocycles. The second-order valence-electron chi connectivity index (χ2n) is 7.59. The number of aromatic hydroxyl groups is 1. The number of carbonyl (C=O) groups excluding carboxylic acids is 2. The van der Waals surface area contributed by atoms with E-state index >= 15 is 0 Å². The maximum atomic E-state index is 13.5. The van der Waals surface area contributed by atoms with E-state index in [0.29, 0.717) is 47.0 Å². The minimum atomic E-state index is -0.354. The first kappa shape index (κ1) is 20.6. The minimum absolute atomic E-state index is 0.0984. The first-order valence-electron chi connectivity index (χ1n) is 10.2. The zero-order valence-corrected chi connectivity index (χ0v) is 18.6. The lowest BCUT2D eigenvalue weighted by atomic mass is 10.1. The van der Waals surface area contributed by atoms with Gasteiger partial charge in [-0.15, -0.1) is 11.3 Å². The van der Waals surface area contributed by atoms with E-state index in [2.05, 4.69) is 17.0 Å². The van der Waals surface area contributed by atoms with Crippen molar-refractivity contribution >= 4 is 51.3 Å². The van der Waals surface area contributed by atoms with Gasteiger partial charge in [-0.3, -0.25) is 4.79 Å². The summed E-state index contributed by atoms with van der Waals surface area (Å²) < 4.78 is 1.23. The molecule has 1 amide bonds. The van der Waals surface area contributed by atoms with Gasteiger partial charge in [-0.1, -0.05) is 35.9 Å². The Bertz CT molecular complexity index is 1290. The van der Waals surface area contributed by atoms with Crippen molar-refractivity contribution in [2.75, 3.05) is 31.1 Å². The van der Waals surface area contributed by atoms with Gasteiger partial charge in [0.05, 0.1) is 16.0 Å². The van der Waals surface area contributed by atoms with Crippen LogP contribution in [0.4, 0.5) is 10.5 Å². The maximum Gasteiger partial charge on any atom is 0.331 e. The van der Waals surface area contributed by atoms with Crippen molar-refractivity contribution in [2.24, 2.45) is 0 Å². The largest absolute Gasteiger partial charge is 0.494 e. The predicted molar refractivity (Wildman–Crippen MR) is 127 cm³/mol. The van der Waals surface area contributed by atoms with E-state index in [1.54, 1.807) is 40.6 Å². The van der Waals surface area contributed by atoms with Gasteiger partial charge in [0.25, 0.3) is 0 Å².